The van der Waals surface area contributed by atoms with Crippen molar-refractivity contribution in [3.8, 4) is 0 Å². The minimum atomic E-state index is -0.361. The maximum absolute atomic E-state index is 12.9. The lowest BCUT2D eigenvalue weighted by Gasteiger charge is -2.28. The number of likely N-dealkylation sites (tertiary alicyclic amines) is 1. The molecule has 1 aliphatic heterocycles. The molecule has 1 heterocycles. The van der Waals surface area contributed by atoms with Gasteiger partial charge in [-0.05, 0) is 42.7 Å². The predicted octanol–water partition coefficient (Wildman–Crippen LogP) is 3.70. The SMILES string of the molecule is COC(=O)c1ccc(CN(C(=O)N2CCCC2)c2ccccc2)cc1. The fourth-order valence-electron chi connectivity index (χ4n) is 3.00. The molecule has 2 aromatic carbocycles. The summed E-state index contributed by atoms with van der Waals surface area (Å²) in [5.74, 6) is -0.361. The third kappa shape index (κ3) is 3.99. The number of hydrogen-bond acceptors (Lipinski definition) is 3. The van der Waals surface area contributed by atoms with E-state index in [1.807, 2.05) is 47.4 Å². The Hall–Kier alpha value is -2.82. The van der Waals surface area contributed by atoms with Crippen LogP contribution in [0, 0.1) is 0 Å². The minimum Gasteiger partial charge on any atom is -0.465 e. The zero-order valence-electron chi connectivity index (χ0n) is 14.4. The summed E-state index contributed by atoms with van der Waals surface area (Å²) >= 11 is 0. The molecule has 0 N–H and O–H groups in total. The van der Waals surface area contributed by atoms with Crippen molar-refractivity contribution in [3.63, 3.8) is 0 Å². The number of anilines is 1. The quantitative estimate of drug-likeness (QED) is 0.799. The van der Waals surface area contributed by atoms with Gasteiger partial charge in [0.25, 0.3) is 0 Å². The Balaban J connectivity index is 1.82. The topological polar surface area (TPSA) is 49.9 Å². The Morgan fingerprint density at radius 3 is 2.24 bits per heavy atom. The molecule has 0 saturated carbocycles. The maximum atomic E-state index is 12.9. The number of amides is 2. The first-order valence-electron chi connectivity index (χ1n) is 8.48. The van der Waals surface area contributed by atoms with Crippen molar-refractivity contribution in [2.45, 2.75) is 19.4 Å². The minimum absolute atomic E-state index is 0.0285. The molecule has 25 heavy (non-hydrogen) atoms. The van der Waals surface area contributed by atoms with Gasteiger partial charge in [0.1, 0.15) is 0 Å². The number of esters is 1. The number of carbonyl (C=O) groups excluding carboxylic acids is 2. The first-order valence-corrected chi connectivity index (χ1v) is 8.48. The van der Waals surface area contributed by atoms with Gasteiger partial charge in [-0.2, -0.15) is 0 Å². The zero-order valence-corrected chi connectivity index (χ0v) is 14.4. The van der Waals surface area contributed by atoms with E-state index in [2.05, 4.69) is 0 Å². The molecule has 1 fully saturated rings. The van der Waals surface area contributed by atoms with Gasteiger partial charge in [0.15, 0.2) is 0 Å². The molecule has 0 unspecified atom stereocenters. The van der Waals surface area contributed by atoms with Crippen LogP contribution in [0.1, 0.15) is 28.8 Å². The van der Waals surface area contributed by atoms with Crippen LogP contribution in [0.15, 0.2) is 54.6 Å². The second-order valence-electron chi connectivity index (χ2n) is 6.09. The van der Waals surface area contributed by atoms with Gasteiger partial charge in [-0.25, -0.2) is 9.59 Å². The summed E-state index contributed by atoms with van der Waals surface area (Å²) in [6, 6.07) is 16.9. The highest BCUT2D eigenvalue weighted by Gasteiger charge is 2.25. The molecule has 0 atom stereocenters. The van der Waals surface area contributed by atoms with E-state index in [-0.39, 0.29) is 12.0 Å². The standard InChI is InChI=1S/C20H22N2O3/c1-25-19(23)17-11-9-16(10-12-17)15-22(18-7-3-2-4-8-18)20(24)21-13-5-6-14-21/h2-4,7-12H,5-6,13-15H2,1H3. The monoisotopic (exact) mass is 338 g/mol. The summed E-state index contributed by atoms with van der Waals surface area (Å²) in [5, 5.41) is 0. The largest absolute Gasteiger partial charge is 0.465 e. The van der Waals surface area contributed by atoms with E-state index in [9.17, 15) is 9.59 Å². The van der Waals surface area contributed by atoms with Gasteiger partial charge in [0.2, 0.25) is 0 Å². The molecule has 0 spiro atoms. The Kier molecular flexibility index (Phi) is 5.33. The first kappa shape index (κ1) is 17.0. The molecule has 3 rings (SSSR count). The van der Waals surface area contributed by atoms with Gasteiger partial charge in [0, 0.05) is 18.8 Å². The Morgan fingerprint density at radius 1 is 1.00 bits per heavy atom. The van der Waals surface area contributed by atoms with Crippen LogP contribution in [-0.2, 0) is 11.3 Å². The van der Waals surface area contributed by atoms with Crippen molar-refractivity contribution in [2.24, 2.45) is 0 Å². The molecule has 0 bridgehead atoms. The number of urea groups is 1. The average molecular weight is 338 g/mol. The molecular formula is C20H22N2O3. The van der Waals surface area contributed by atoms with E-state index in [0.29, 0.717) is 12.1 Å². The molecule has 0 aliphatic carbocycles. The second kappa shape index (κ2) is 7.83. The van der Waals surface area contributed by atoms with E-state index in [1.54, 1.807) is 17.0 Å². The maximum Gasteiger partial charge on any atom is 0.337 e. The molecule has 0 aromatic heterocycles. The number of rotatable bonds is 4. The number of para-hydroxylation sites is 1. The molecule has 1 saturated heterocycles. The highest BCUT2D eigenvalue weighted by molar-refractivity contribution is 5.92. The van der Waals surface area contributed by atoms with Crippen LogP contribution in [-0.4, -0.2) is 37.1 Å². The van der Waals surface area contributed by atoms with Gasteiger partial charge in [-0.15, -0.1) is 0 Å². The van der Waals surface area contributed by atoms with Gasteiger partial charge in [-0.3, -0.25) is 4.90 Å². The Bertz CT molecular complexity index is 722. The van der Waals surface area contributed by atoms with Crippen molar-refractivity contribution in [1.29, 1.82) is 0 Å². The van der Waals surface area contributed by atoms with Crippen LogP contribution in [0.3, 0.4) is 0 Å². The fraction of sp³-hybridized carbons (Fsp3) is 0.300. The summed E-state index contributed by atoms with van der Waals surface area (Å²) in [6.07, 6.45) is 2.12. The molecule has 2 amide bonds. The van der Waals surface area contributed by atoms with Crippen LogP contribution >= 0.6 is 0 Å². The summed E-state index contributed by atoms with van der Waals surface area (Å²) in [6.45, 7) is 2.08. The smallest absolute Gasteiger partial charge is 0.337 e. The van der Waals surface area contributed by atoms with Crippen LogP contribution in [0.2, 0.25) is 0 Å². The number of ether oxygens (including phenoxy) is 1. The number of nitrogens with zero attached hydrogens (tertiary/aromatic N) is 2. The van der Waals surface area contributed by atoms with Crippen molar-refractivity contribution in [2.75, 3.05) is 25.1 Å². The van der Waals surface area contributed by atoms with Crippen molar-refractivity contribution in [3.05, 3.63) is 65.7 Å². The lowest BCUT2D eigenvalue weighted by molar-refractivity contribution is 0.0600. The molecule has 130 valence electrons. The number of benzene rings is 2. The summed E-state index contributed by atoms with van der Waals surface area (Å²) < 4.78 is 4.72. The third-order valence-corrected chi connectivity index (χ3v) is 4.39. The fourth-order valence-corrected chi connectivity index (χ4v) is 3.00. The molecule has 5 nitrogen and oxygen atoms in total. The van der Waals surface area contributed by atoms with Gasteiger partial charge >= 0.3 is 12.0 Å². The third-order valence-electron chi connectivity index (χ3n) is 4.39. The number of methoxy groups -OCH3 is 1. The van der Waals surface area contributed by atoms with Gasteiger partial charge in [-0.1, -0.05) is 30.3 Å². The lowest BCUT2D eigenvalue weighted by atomic mass is 10.1. The average Bonchev–Trinajstić information content (AvgIpc) is 3.21. The van der Waals surface area contributed by atoms with Crippen LogP contribution < -0.4 is 4.90 Å². The Labute approximate surface area is 147 Å². The van der Waals surface area contributed by atoms with Crippen LogP contribution in [0.4, 0.5) is 10.5 Å². The number of hydrogen-bond donors (Lipinski definition) is 0. The summed E-state index contributed by atoms with van der Waals surface area (Å²) in [4.78, 5) is 28.2. The highest BCUT2D eigenvalue weighted by Crippen LogP contribution is 2.21. The highest BCUT2D eigenvalue weighted by atomic mass is 16.5. The summed E-state index contributed by atoms with van der Waals surface area (Å²) in [7, 11) is 1.36. The molecular weight excluding hydrogens is 316 g/mol. The van der Waals surface area contributed by atoms with Crippen LogP contribution in [0.25, 0.3) is 0 Å². The van der Waals surface area contributed by atoms with E-state index >= 15 is 0 Å². The predicted molar refractivity (Wildman–Crippen MR) is 96.6 cm³/mol. The van der Waals surface area contributed by atoms with E-state index in [0.717, 1.165) is 37.2 Å². The van der Waals surface area contributed by atoms with Crippen molar-refractivity contribution >= 4 is 17.7 Å². The zero-order chi connectivity index (χ0) is 17.6. The first-order chi connectivity index (χ1) is 12.2. The Morgan fingerprint density at radius 2 is 1.64 bits per heavy atom. The normalized spacial score (nSPS) is 13.6. The molecule has 5 heteroatoms. The number of carbonyl (C=O) groups is 2. The van der Waals surface area contributed by atoms with Gasteiger partial charge in [0.05, 0.1) is 19.2 Å². The van der Waals surface area contributed by atoms with Crippen molar-refractivity contribution < 1.29 is 14.3 Å². The second-order valence-corrected chi connectivity index (χ2v) is 6.09. The van der Waals surface area contributed by atoms with E-state index in [4.69, 9.17) is 4.74 Å². The van der Waals surface area contributed by atoms with E-state index < -0.39 is 0 Å². The molecule has 0 radical (unpaired) electrons. The van der Waals surface area contributed by atoms with Crippen LogP contribution in [0.5, 0.6) is 0 Å². The summed E-state index contributed by atoms with van der Waals surface area (Å²) in [5.41, 5.74) is 2.34. The van der Waals surface area contributed by atoms with Crippen molar-refractivity contribution in [1.82, 2.24) is 4.90 Å². The molecule has 2 aromatic rings. The lowest BCUT2D eigenvalue weighted by Crippen LogP contribution is -2.41. The van der Waals surface area contributed by atoms with E-state index in [1.165, 1.54) is 7.11 Å². The van der Waals surface area contributed by atoms with Gasteiger partial charge < -0.3 is 9.64 Å². The molecule has 1 aliphatic rings.